The summed E-state index contributed by atoms with van der Waals surface area (Å²) in [5.74, 6) is 1.05. The Hall–Kier alpha value is -2.63. The van der Waals surface area contributed by atoms with Gasteiger partial charge in [0.15, 0.2) is 0 Å². The monoisotopic (exact) mass is 298 g/mol. The van der Waals surface area contributed by atoms with Crippen LogP contribution in [0.3, 0.4) is 0 Å². The van der Waals surface area contributed by atoms with Gasteiger partial charge in [0.25, 0.3) is 5.91 Å². The number of hydrogen-bond acceptors (Lipinski definition) is 5. The molecule has 0 bridgehead atoms. The number of methoxy groups -OCH3 is 1. The molecule has 1 fully saturated rings. The van der Waals surface area contributed by atoms with E-state index in [2.05, 4.69) is 20.2 Å². The molecule has 0 radical (unpaired) electrons. The van der Waals surface area contributed by atoms with Crippen LogP contribution in [0.15, 0.2) is 36.7 Å². The standard InChI is InChI=1S/C16H18N4O2/c1-22-14-7-3-2-6-13(14)19-15(21)12-10-17-16(18-11-12)20-8-4-5-9-20/h2-3,6-7,10-11H,4-5,8-9H2,1H3,(H,19,21). The van der Waals surface area contributed by atoms with Crippen molar-refractivity contribution in [1.82, 2.24) is 9.97 Å². The van der Waals surface area contributed by atoms with Gasteiger partial charge in [0, 0.05) is 25.5 Å². The highest BCUT2D eigenvalue weighted by molar-refractivity contribution is 6.04. The van der Waals surface area contributed by atoms with Gasteiger partial charge in [-0.15, -0.1) is 0 Å². The molecule has 1 aromatic carbocycles. The van der Waals surface area contributed by atoms with Crippen LogP contribution in [-0.2, 0) is 0 Å². The molecule has 1 amide bonds. The number of rotatable bonds is 4. The number of anilines is 2. The van der Waals surface area contributed by atoms with Crippen molar-refractivity contribution in [3.8, 4) is 5.75 Å². The van der Waals surface area contributed by atoms with Crippen LogP contribution >= 0.6 is 0 Å². The molecule has 0 atom stereocenters. The first-order chi connectivity index (χ1) is 10.8. The predicted molar refractivity (Wildman–Crippen MR) is 84.4 cm³/mol. The lowest BCUT2D eigenvalue weighted by Crippen LogP contribution is -2.21. The van der Waals surface area contributed by atoms with Crippen LogP contribution in [0.1, 0.15) is 23.2 Å². The molecule has 3 rings (SSSR count). The van der Waals surface area contributed by atoms with E-state index in [0.29, 0.717) is 22.9 Å². The summed E-state index contributed by atoms with van der Waals surface area (Å²) in [6.07, 6.45) is 5.45. The van der Waals surface area contributed by atoms with Crippen LogP contribution in [0, 0.1) is 0 Å². The van der Waals surface area contributed by atoms with Crippen molar-refractivity contribution < 1.29 is 9.53 Å². The maximum absolute atomic E-state index is 12.3. The molecule has 0 saturated carbocycles. The average Bonchev–Trinajstić information content (AvgIpc) is 3.10. The van der Waals surface area contributed by atoms with E-state index in [0.717, 1.165) is 13.1 Å². The fraction of sp³-hybridized carbons (Fsp3) is 0.312. The van der Waals surface area contributed by atoms with E-state index in [-0.39, 0.29) is 5.91 Å². The van der Waals surface area contributed by atoms with Gasteiger partial charge in [-0.05, 0) is 25.0 Å². The van der Waals surface area contributed by atoms with Crippen molar-refractivity contribution in [2.45, 2.75) is 12.8 Å². The third kappa shape index (κ3) is 3.00. The number of carbonyl (C=O) groups excluding carboxylic acids is 1. The molecule has 114 valence electrons. The van der Waals surface area contributed by atoms with Crippen LogP contribution in [0.4, 0.5) is 11.6 Å². The zero-order valence-corrected chi connectivity index (χ0v) is 12.5. The average molecular weight is 298 g/mol. The molecule has 0 aliphatic carbocycles. The number of nitrogens with zero attached hydrogens (tertiary/aromatic N) is 3. The normalized spacial score (nSPS) is 14.0. The first-order valence-corrected chi connectivity index (χ1v) is 7.29. The second kappa shape index (κ2) is 6.43. The van der Waals surface area contributed by atoms with E-state index in [1.54, 1.807) is 31.6 Å². The second-order valence-electron chi connectivity index (χ2n) is 5.12. The van der Waals surface area contributed by atoms with Gasteiger partial charge in [-0.3, -0.25) is 4.79 Å². The van der Waals surface area contributed by atoms with Crippen molar-refractivity contribution in [3.63, 3.8) is 0 Å². The van der Waals surface area contributed by atoms with Gasteiger partial charge in [0.1, 0.15) is 5.75 Å². The van der Waals surface area contributed by atoms with Gasteiger partial charge < -0.3 is 15.0 Å². The topological polar surface area (TPSA) is 67.3 Å². The minimum absolute atomic E-state index is 0.252. The number of hydrogen-bond donors (Lipinski definition) is 1. The molecule has 1 N–H and O–H groups in total. The van der Waals surface area contributed by atoms with Crippen molar-refractivity contribution in [2.75, 3.05) is 30.4 Å². The highest BCUT2D eigenvalue weighted by Gasteiger charge is 2.16. The van der Waals surface area contributed by atoms with E-state index in [1.165, 1.54) is 12.8 Å². The summed E-state index contributed by atoms with van der Waals surface area (Å²) < 4.78 is 5.22. The van der Waals surface area contributed by atoms with Crippen molar-refractivity contribution in [3.05, 3.63) is 42.2 Å². The molecule has 6 nitrogen and oxygen atoms in total. The molecule has 1 aliphatic rings. The lowest BCUT2D eigenvalue weighted by Gasteiger charge is -2.14. The van der Waals surface area contributed by atoms with Crippen molar-refractivity contribution in [2.24, 2.45) is 0 Å². The first-order valence-electron chi connectivity index (χ1n) is 7.29. The minimum Gasteiger partial charge on any atom is -0.495 e. The number of ether oxygens (including phenoxy) is 1. The van der Waals surface area contributed by atoms with Crippen molar-refractivity contribution in [1.29, 1.82) is 0 Å². The minimum atomic E-state index is -0.252. The Labute approximate surface area is 129 Å². The third-order valence-electron chi connectivity index (χ3n) is 3.64. The maximum Gasteiger partial charge on any atom is 0.258 e. The Bertz CT molecular complexity index is 651. The van der Waals surface area contributed by atoms with Crippen LogP contribution in [0.5, 0.6) is 5.75 Å². The van der Waals surface area contributed by atoms with Crippen LogP contribution in [0.25, 0.3) is 0 Å². The zero-order valence-electron chi connectivity index (χ0n) is 12.5. The fourth-order valence-electron chi connectivity index (χ4n) is 2.46. The molecular weight excluding hydrogens is 280 g/mol. The Kier molecular flexibility index (Phi) is 4.18. The lowest BCUT2D eigenvalue weighted by atomic mass is 10.2. The molecule has 1 saturated heterocycles. The fourth-order valence-corrected chi connectivity index (χ4v) is 2.46. The number of para-hydroxylation sites is 2. The Morgan fingerprint density at radius 2 is 1.86 bits per heavy atom. The van der Waals surface area contributed by atoms with Crippen LogP contribution in [0.2, 0.25) is 0 Å². The molecule has 6 heteroatoms. The Morgan fingerprint density at radius 1 is 1.18 bits per heavy atom. The molecule has 2 aromatic rings. The Morgan fingerprint density at radius 3 is 2.55 bits per heavy atom. The summed E-state index contributed by atoms with van der Waals surface area (Å²) >= 11 is 0. The Balaban J connectivity index is 1.72. The lowest BCUT2D eigenvalue weighted by molar-refractivity contribution is 0.102. The van der Waals surface area contributed by atoms with Gasteiger partial charge in [-0.1, -0.05) is 12.1 Å². The van der Waals surface area contributed by atoms with E-state index in [9.17, 15) is 4.79 Å². The third-order valence-corrected chi connectivity index (χ3v) is 3.64. The number of amides is 1. The van der Waals surface area contributed by atoms with Gasteiger partial charge in [0.2, 0.25) is 5.95 Å². The zero-order chi connectivity index (χ0) is 15.4. The summed E-state index contributed by atoms with van der Waals surface area (Å²) in [6, 6.07) is 7.27. The summed E-state index contributed by atoms with van der Waals surface area (Å²) in [5, 5.41) is 2.81. The molecule has 2 heterocycles. The molecule has 0 spiro atoms. The first kappa shape index (κ1) is 14.3. The predicted octanol–water partition coefficient (Wildman–Crippen LogP) is 2.34. The molecule has 22 heavy (non-hydrogen) atoms. The molecule has 1 aliphatic heterocycles. The molecular formula is C16H18N4O2. The van der Waals surface area contributed by atoms with Crippen LogP contribution in [-0.4, -0.2) is 36.1 Å². The highest BCUT2D eigenvalue weighted by atomic mass is 16.5. The van der Waals surface area contributed by atoms with Gasteiger partial charge in [-0.25, -0.2) is 9.97 Å². The summed E-state index contributed by atoms with van der Waals surface area (Å²) in [5.41, 5.74) is 1.05. The number of benzene rings is 1. The van der Waals surface area contributed by atoms with Gasteiger partial charge >= 0.3 is 0 Å². The summed E-state index contributed by atoms with van der Waals surface area (Å²) in [6.45, 7) is 1.96. The number of aromatic nitrogens is 2. The smallest absolute Gasteiger partial charge is 0.258 e. The quantitative estimate of drug-likeness (QED) is 0.938. The number of nitrogens with one attached hydrogen (secondary N) is 1. The maximum atomic E-state index is 12.3. The molecule has 0 unspecified atom stereocenters. The summed E-state index contributed by atoms with van der Waals surface area (Å²) in [4.78, 5) is 23.0. The van der Waals surface area contributed by atoms with Crippen molar-refractivity contribution >= 4 is 17.5 Å². The largest absolute Gasteiger partial charge is 0.495 e. The SMILES string of the molecule is COc1ccccc1NC(=O)c1cnc(N2CCCC2)nc1. The van der Waals surface area contributed by atoms with E-state index in [1.807, 2.05) is 12.1 Å². The van der Waals surface area contributed by atoms with Crippen LogP contribution < -0.4 is 15.0 Å². The van der Waals surface area contributed by atoms with Gasteiger partial charge in [-0.2, -0.15) is 0 Å². The number of carbonyl (C=O) groups is 1. The van der Waals surface area contributed by atoms with E-state index < -0.39 is 0 Å². The molecule has 1 aromatic heterocycles. The second-order valence-corrected chi connectivity index (χ2v) is 5.12. The highest BCUT2D eigenvalue weighted by Crippen LogP contribution is 2.23. The van der Waals surface area contributed by atoms with Gasteiger partial charge in [0.05, 0.1) is 18.4 Å². The van der Waals surface area contributed by atoms with E-state index in [4.69, 9.17) is 4.74 Å². The van der Waals surface area contributed by atoms with E-state index >= 15 is 0 Å². The summed E-state index contributed by atoms with van der Waals surface area (Å²) in [7, 11) is 1.57.